The highest BCUT2D eigenvalue weighted by molar-refractivity contribution is 5.92. The summed E-state index contributed by atoms with van der Waals surface area (Å²) in [5.74, 6) is 0.559. The molecule has 0 amide bonds. The Balaban J connectivity index is 1.74. The van der Waals surface area contributed by atoms with Gasteiger partial charge in [-0.15, -0.1) is 0 Å². The molecule has 2 aliphatic rings. The monoisotopic (exact) mass is 477 g/mol. The Morgan fingerprint density at radius 1 is 1.00 bits per heavy atom. The van der Waals surface area contributed by atoms with Crippen molar-refractivity contribution >= 4 is 17.9 Å². The molecule has 8 heteroatoms. The fraction of sp³-hybridized carbons (Fsp3) is 0.808. The largest absolute Gasteiger partial charge is 0.462 e. The van der Waals surface area contributed by atoms with E-state index in [4.69, 9.17) is 21.9 Å². The molecule has 0 spiro atoms. The standard InChI is InChI=1S/C26H48N6O2/c1-2-3-4-5-6-7-8-9-10-11-12-16-21-23(22-17-15-19-32(22)26(29)31-21)24(33)34-20-14-13-18-30-25(27)28/h21H,2-20H2,1H3,(H6,27,28,29,30,31)/p+1/t21-/m0/s1. The number of unbranched alkanes of at least 4 members (excludes halogenated alkanes) is 11. The fourth-order valence-electron chi connectivity index (χ4n) is 4.90. The smallest absolute Gasteiger partial charge is 0.348 e. The summed E-state index contributed by atoms with van der Waals surface area (Å²) in [6, 6.07) is -0.0583. The summed E-state index contributed by atoms with van der Waals surface area (Å²) in [6.45, 7) is 4.05. The van der Waals surface area contributed by atoms with Crippen LogP contribution in [0.15, 0.2) is 16.3 Å². The van der Waals surface area contributed by atoms with Crippen LogP contribution in [-0.4, -0.2) is 48.2 Å². The minimum absolute atomic E-state index is 0.0583. The van der Waals surface area contributed by atoms with Gasteiger partial charge in [0.1, 0.15) is 11.6 Å². The second-order valence-corrected chi connectivity index (χ2v) is 9.67. The molecule has 1 saturated heterocycles. The van der Waals surface area contributed by atoms with Gasteiger partial charge in [-0.05, 0) is 32.1 Å². The van der Waals surface area contributed by atoms with Gasteiger partial charge in [-0.1, -0.05) is 71.1 Å². The molecule has 2 aliphatic heterocycles. The SMILES string of the molecule is CCCCCCCCCCCCC[C@@H]1NC(N)=[N+]2CCCC2=C1C(=O)OCCCCN=C(N)N. The molecule has 0 radical (unpaired) electrons. The van der Waals surface area contributed by atoms with Crippen LogP contribution in [-0.2, 0) is 9.53 Å². The number of carbonyl (C=O) groups is 1. The molecule has 0 aliphatic carbocycles. The number of hydrogen-bond acceptors (Lipinski definition) is 5. The molecular formula is C26H49N6O2+. The number of nitrogens with one attached hydrogen (secondary N) is 1. The van der Waals surface area contributed by atoms with E-state index in [2.05, 4.69) is 17.2 Å². The summed E-state index contributed by atoms with van der Waals surface area (Å²) in [5, 5.41) is 3.39. The lowest BCUT2D eigenvalue weighted by Crippen LogP contribution is -2.51. The van der Waals surface area contributed by atoms with E-state index in [1.165, 1.54) is 64.2 Å². The number of guanidine groups is 2. The third-order valence-corrected chi connectivity index (χ3v) is 6.79. The van der Waals surface area contributed by atoms with E-state index in [1.54, 1.807) is 0 Å². The molecule has 0 aromatic heterocycles. The Hall–Kier alpha value is -2.25. The first kappa shape index (κ1) is 28.0. The average molecular weight is 478 g/mol. The van der Waals surface area contributed by atoms with E-state index in [9.17, 15) is 4.79 Å². The van der Waals surface area contributed by atoms with E-state index in [-0.39, 0.29) is 18.0 Å². The third-order valence-electron chi connectivity index (χ3n) is 6.79. The van der Waals surface area contributed by atoms with E-state index >= 15 is 0 Å². The molecule has 7 N–H and O–H groups in total. The lowest BCUT2D eigenvalue weighted by molar-refractivity contribution is -0.466. The second kappa shape index (κ2) is 16.4. The highest BCUT2D eigenvalue weighted by Gasteiger charge is 2.38. The fourth-order valence-corrected chi connectivity index (χ4v) is 4.90. The molecule has 2 heterocycles. The van der Waals surface area contributed by atoms with Crippen LogP contribution in [0.2, 0.25) is 0 Å². The van der Waals surface area contributed by atoms with Crippen molar-refractivity contribution in [1.29, 1.82) is 0 Å². The van der Waals surface area contributed by atoms with Crippen molar-refractivity contribution in [3.8, 4) is 0 Å². The Morgan fingerprint density at radius 3 is 2.29 bits per heavy atom. The minimum atomic E-state index is -0.211. The number of ether oxygens (including phenoxy) is 1. The molecule has 1 fully saturated rings. The molecule has 0 saturated carbocycles. The van der Waals surface area contributed by atoms with Gasteiger partial charge in [0.25, 0.3) is 0 Å². The van der Waals surface area contributed by atoms with Crippen LogP contribution in [0.3, 0.4) is 0 Å². The number of nitrogens with two attached hydrogens (primary N) is 3. The van der Waals surface area contributed by atoms with Crippen LogP contribution < -0.4 is 22.5 Å². The van der Waals surface area contributed by atoms with Gasteiger partial charge in [-0.2, -0.15) is 0 Å². The number of allylic oxidation sites excluding steroid dienone is 1. The normalized spacial score (nSPS) is 17.5. The predicted octanol–water partition coefficient (Wildman–Crippen LogP) is 3.63. The second-order valence-electron chi connectivity index (χ2n) is 9.67. The summed E-state index contributed by atoms with van der Waals surface area (Å²) in [4.78, 5) is 17.0. The number of fused-ring (bicyclic) bond motifs is 1. The van der Waals surface area contributed by atoms with E-state index in [0.717, 1.165) is 56.3 Å². The first-order chi connectivity index (χ1) is 16.5. The summed E-state index contributed by atoms with van der Waals surface area (Å²) < 4.78 is 7.69. The summed E-state index contributed by atoms with van der Waals surface area (Å²) >= 11 is 0. The van der Waals surface area contributed by atoms with Crippen molar-refractivity contribution in [3.05, 3.63) is 11.3 Å². The van der Waals surface area contributed by atoms with Gasteiger partial charge < -0.3 is 16.2 Å². The van der Waals surface area contributed by atoms with Crippen molar-refractivity contribution < 1.29 is 14.1 Å². The van der Waals surface area contributed by atoms with Crippen LogP contribution >= 0.6 is 0 Å². The number of rotatable bonds is 18. The Kier molecular flexibility index (Phi) is 13.5. The quantitative estimate of drug-likeness (QED) is 0.0783. The first-order valence-electron chi connectivity index (χ1n) is 13.7. The van der Waals surface area contributed by atoms with Crippen molar-refractivity contribution in [2.24, 2.45) is 22.2 Å². The van der Waals surface area contributed by atoms with Crippen molar-refractivity contribution in [2.75, 3.05) is 19.7 Å². The molecule has 34 heavy (non-hydrogen) atoms. The topological polar surface area (TPSA) is 132 Å². The lowest BCUT2D eigenvalue weighted by atomic mass is 9.96. The van der Waals surface area contributed by atoms with Gasteiger partial charge in [-0.25, -0.2) is 9.37 Å². The molecule has 194 valence electrons. The number of nitrogens with zero attached hydrogens (tertiary/aromatic N) is 2. The highest BCUT2D eigenvalue weighted by atomic mass is 16.5. The van der Waals surface area contributed by atoms with Crippen LogP contribution in [0.4, 0.5) is 0 Å². The van der Waals surface area contributed by atoms with Crippen LogP contribution in [0, 0.1) is 0 Å². The van der Waals surface area contributed by atoms with Crippen LogP contribution in [0.5, 0.6) is 0 Å². The molecule has 0 aromatic rings. The maximum Gasteiger partial charge on any atom is 0.348 e. The Bertz CT molecular complexity index is 712. The zero-order valence-electron chi connectivity index (χ0n) is 21.5. The predicted molar refractivity (Wildman–Crippen MR) is 139 cm³/mol. The van der Waals surface area contributed by atoms with Crippen molar-refractivity contribution in [1.82, 2.24) is 5.32 Å². The molecule has 0 unspecified atom stereocenters. The minimum Gasteiger partial charge on any atom is -0.462 e. The third kappa shape index (κ3) is 9.94. The molecule has 0 aromatic carbocycles. The van der Waals surface area contributed by atoms with Gasteiger partial charge in [0, 0.05) is 13.0 Å². The Labute approximate surface area is 206 Å². The number of aliphatic imine (C=N–C) groups is 1. The number of carbonyl (C=O) groups excluding carboxylic acids is 1. The summed E-state index contributed by atoms with van der Waals surface area (Å²) in [6.07, 6.45) is 18.7. The van der Waals surface area contributed by atoms with E-state index < -0.39 is 0 Å². The van der Waals surface area contributed by atoms with Gasteiger partial charge >= 0.3 is 11.9 Å². The lowest BCUT2D eigenvalue weighted by Gasteiger charge is -2.25. The molecule has 8 nitrogen and oxygen atoms in total. The maximum atomic E-state index is 13.0. The van der Waals surface area contributed by atoms with Gasteiger partial charge in [0.05, 0.1) is 18.8 Å². The van der Waals surface area contributed by atoms with Crippen LogP contribution in [0.25, 0.3) is 0 Å². The molecular weight excluding hydrogens is 428 g/mol. The first-order valence-corrected chi connectivity index (χ1v) is 13.7. The molecule has 1 atom stereocenters. The summed E-state index contributed by atoms with van der Waals surface area (Å²) in [7, 11) is 0. The van der Waals surface area contributed by atoms with E-state index in [1.807, 2.05) is 4.58 Å². The zero-order valence-corrected chi connectivity index (χ0v) is 21.5. The Morgan fingerprint density at radius 2 is 1.65 bits per heavy atom. The highest BCUT2D eigenvalue weighted by Crippen LogP contribution is 2.28. The van der Waals surface area contributed by atoms with Gasteiger partial charge in [0.2, 0.25) is 0 Å². The van der Waals surface area contributed by atoms with Crippen molar-refractivity contribution in [3.63, 3.8) is 0 Å². The van der Waals surface area contributed by atoms with Gasteiger partial charge in [-0.3, -0.25) is 16.0 Å². The van der Waals surface area contributed by atoms with Gasteiger partial charge in [0.15, 0.2) is 5.96 Å². The van der Waals surface area contributed by atoms with E-state index in [0.29, 0.717) is 19.1 Å². The maximum absolute atomic E-state index is 13.0. The van der Waals surface area contributed by atoms with Crippen LogP contribution in [0.1, 0.15) is 110 Å². The summed E-state index contributed by atoms with van der Waals surface area (Å²) in [5.41, 5.74) is 18.8. The average Bonchev–Trinajstić information content (AvgIpc) is 3.30. The van der Waals surface area contributed by atoms with Crippen molar-refractivity contribution in [2.45, 2.75) is 116 Å². The molecule has 0 bridgehead atoms. The zero-order chi connectivity index (χ0) is 24.6. The number of esters is 1. The number of hydrogen-bond donors (Lipinski definition) is 4. The molecule has 2 rings (SSSR count).